The lowest BCUT2D eigenvalue weighted by atomic mass is 10.2. The van der Waals surface area contributed by atoms with Gasteiger partial charge in [0.25, 0.3) is 0 Å². The molecular weight excluding hydrogens is 483 g/mol. The van der Waals surface area contributed by atoms with E-state index < -0.39 is 0 Å². The number of benzene rings is 1. The number of guanidine groups is 1. The molecule has 1 aromatic carbocycles. The first-order valence-electron chi connectivity index (χ1n) is 8.50. The summed E-state index contributed by atoms with van der Waals surface area (Å²) in [5.41, 5.74) is 0. The molecule has 2 aromatic rings. The van der Waals surface area contributed by atoms with Crippen molar-refractivity contribution in [2.75, 3.05) is 19.3 Å². The Morgan fingerprint density at radius 1 is 1.23 bits per heavy atom. The molecular formula is C17H24ClIN6S. The number of hydrogen-bond acceptors (Lipinski definition) is 4. The zero-order valence-corrected chi connectivity index (χ0v) is 18.6. The molecule has 26 heavy (non-hydrogen) atoms. The third-order valence-electron chi connectivity index (χ3n) is 4.05. The van der Waals surface area contributed by atoms with Gasteiger partial charge in [0.15, 0.2) is 11.8 Å². The van der Waals surface area contributed by atoms with Gasteiger partial charge < -0.3 is 15.2 Å². The van der Waals surface area contributed by atoms with Gasteiger partial charge in [0.1, 0.15) is 5.82 Å². The van der Waals surface area contributed by atoms with Gasteiger partial charge in [-0.1, -0.05) is 11.6 Å². The summed E-state index contributed by atoms with van der Waals surface area (Å²) < 4.78 is 2.22. The van der Waals surface area contributed by atoms with Crippen LogP contribution < -0.4 is 10.6 Å². The van der Waals surface area contributed by atoms with Crippen LogP contribution in [0.3, 0.4) is 0 Å². The normalized spacial score (nSPS) is 13.7. The topological polar surface area (TPSA) is 67.1 Å². The van der Waals surface area contributed by atoms with E-state index in [0.29, 0.717) is 6.54 Å². The molecule has 1 aliphatic heterocycles. The number of aliphatic imine (C=N–C) groups is 1. The van der Waals surface area contributed by atoms with Gasteiger partial charge in [-0.25, -0.2) is 0 Å². The molecule has 0 radical (unpaired) electrons. The van der Waals surface area contributed by atoms with Crippen molar-refractivity contribution in [3.8, 4) is 0 Å². The van der Waals surface area contributed by atoms with E-state index in [1.54, 1.807) is 18.8 Å². The number of fused-ring (bicyclic) bond motifs is 1. The average molecular weight is 507 g/mol. The first-order chi connectivity index (χ1) is 12.3. The number of rotatable bonds is 6. The monoisotopic (exact) mass is 506 g/mol. The summed E-state index contributed by atoms with van der Waals surface area (Å²) in [4.78, 5) is 5.48. The molecule has 0 saturated carbocycles. The highest BCUT2D eigenvalue weighted by atomic mass is 127. The van der Waals surface area contributed by atoms with Crippen LogP contribution in [-0.4, -0.2) is 40.1 Å². The second-order valence-corrected chi connectivity index (χ2v) is 7.40. The van der Waals surface area contributed by atoms with E-state index in [4.69, 9.17) is 11.6 Å². The van der Waals surface area contributed by atoms with Crippen LogP contribution in [-0.2, 0) is 19.5 Å². The van der Waals surface area contributed by atoms with Crippen molar-refractivity contribution in [1.29, 1.82) is 0 Å². The molecule has 142 valence electrons. The Hall–Kier alpha value is -1.000. The number of nitrogens with one attached hydrogen (secondary N) is 2. The molecule has 0 unspecified atom stereocenters. The highest BCUT2D eigenvalue weighted by Gasteiger charge is 2.15. The molecule has 0 aliphatic carbocycles. The largest absolute Gasteiger partial charge is 0.356 e. The molecule has 0 saturated heterocycles. The molecule has 1 aliphatic rings. The van der Waals surface area contributed by atoms with Gasteiger partial charge in [-0.2, -0.15) is 0 Å². The highest BCUT2D eigenvalue weighted by Crippen LogP contribution is 2.19. The van der Waals surface area contributed by atoms with E-state index in [1.807, 2.05) is 24.3 Å². The van der Waals surface area contributed by atoms with Crippen LogP contribution in [0.2, 0.25) is 5.02 Å². The van der Waals surface area contributed by atoms with Gasteiger partial charge in [-0.15, -0.1) is 45.9 Å². The molecule has 0 spiro atoms. The van der Waals surface area contributed by atoms with E-state index in [0.717, 1.165) is 47.9 Å². The fourth-order valence-corrected chi connectivity index (χ4v) is 3.65. The van der Waals surface area contributed by atoms with Gasteiger partial charge in [-0.3, -0.25) is 4.99 Å². The molecule has 0 atom stereocenters. The second kappa shape index (κ2) is 11.0. The Morgan fingerprint density at radius 3 is 2.81 bits per heavy atom. The summed E-state index contributed by atoms with van der Waals surface area (Å²) in [6.45, 7) is 2.48. The lowest BCUT2D eigenvalue weighted by Crippen LogP contribution is -2.38. The molecule has 3 rings (SSSR count). The molecule has 2 N–H and O–H groups in total. The van der Waals surface area contributed by atoms with Crippen LogP contribution in [0, 0.1) is 0 Å². The number of hydrogen-bond donors (Lipinski definition) is 2. The molecule has 1 aromatic heterocycles. The fraction of sp³-hybridized carbons (Fsp3) is 0.471. The minimum absolute atomic E-state index is 0. The Bertz CT molecular complexity index is 719. The summed E-state index contributed by atoms with van der Waals surface area (Å²) in [5, 5.41) is 16.0. The standard InChI is InChI=1S/C17H23ClN6S.HI/c1-19-17(20-9-11-25-14-7-5-13(18)6-8-14)21-12-16-23-22-15-4-2-3-10-24(15)16;/h5-8H,2-4,9-12H2,1H3,(H2,19,20,21);1H. The molecule has 0 bridgehead atoms. The SMILES string of the molecule is CN=C(NCCSc1ccc(Cl)cc1)NCc1nnc2n1CCCC2.I. The number of aromatic nitrogens is 3. The summed E-state index contributed by atoms with van der Waals surface area (Å²) in [5.74, 6) is 3.81. The summed E-state index contributed by atoms with van der Waals surface area (Å²) in [7, 11) is 1.78. The zero-order valence-electron chi connectivity index (χ0n) is 14.7. The lowest BCUT2D eigenvalue weighted by molar-refractivity contribution is 0.504. The Labute approximate surface area is 180 Å². The Balaban J connectivity index is 0.00000243. The molecule has 2 heterocycles. The third kappa shape index (κ3) is 6.02. The molecule has 9 heteroatoms. The van der Waals surface area contributed by atoms with Crippen molar-refractivity contribution in [2.45, 2.75) is 37.2 Å². The van der Waals surface area contributed by atoms with Gasteiger partial charge in [0, 0.05) is 42.2 Å². The van der Waals surface area contributed by atoms with Crippen LogP contribution >= 0.6 is 47.3 Å². The lowest BCUT2D eigenvalue weighted by Gasteiger charge is -2.16. The predicted molar refractivity (Wildman–Crippen MR) is 119 cm³/mol. The molecule has 0 amide bonds. The average Bonchev–Trinajstić information content (AvgIpc) is 3.06. The highest BCUT2D eigenvalue weighted by molar-refractivity contribution is 14.0. The number of aryl methyl sites for hydroxylation is 1. The number of thioether (sulfide) groups is 1. The van der Waals surface area contributed by atoms with Crippen molar-refractivity contribution in [3.05, 3.63) is 40.9 Å². The van der Waals surface area contributed by atoms with E-state index in [2.05, 4.69) is 30.4 Å². The van der Waals surface area contributed by atoms with E-state index in [-0.39, 0.29) is 24.0 Å². The van der Waals surface area contributed by atoms with E-state index in [9.17, 15) is 0 Å². The predicted octanol–water partition coefficient (Wildman–Crippen LogP) is 3.34. The molecule has 6 nitrogen and oxygen atoms in total. The maximum Gasteiger partial charge on any atom is 0.191 e. The van der Waals surface area contributed by atoms with Crippen LogP contribution in [0.5, 0.6) is 0 Å². The number of halogens is 2. The maximum absolute atomic E-state index is 5.90. The summed E-state index contributed by atoms with van der Waals surface area (Å²) in [6, 6.07) is 7.90. The van der Waals surface area contributed by atoms with Crippen LogP contribution in [0.15, 0.2) is 34.2 Å². The zero-order chi connectivity index (χ0) is 17.5. The van der Waals surface area contributed by atoms with Crippen molar-refractivity contribution < 1.29 is 0 Å². The van der Waals surface area contributed by atoms with Gasteiger partial charge >= 0.3 is 0 Å². The van der Waals surface area contributed by atoms with E-state index >= 15 is 0 Å². The smallest absolute Gasteiger partial charge is 0.191 e. The minimum atomic E-state index is 0. The van der Waals surface area contributed by atoms with Gasteiger partial charge in [0.2, 0.25) is 0 Å². The molecule has 0 fully saturated rings. The van der Waals surface area contributed by atoms with Gasteiger partial charge in [-0.05, 0) is 37.1 Å². The first-order valence-corrected chi connectivity index (χ1v) is 9.86. The third-order valence-corrected chi connectivity index (χ3v) is 5.32. The van der Waals surface area contributed by atoms with Crippen molar-refractivity contribution in [3.63, 3.8) is 0 Å². The number of nitrogens with zero attached hydrogens (tertiary/aromatic N) is 4. The van der Waals surface area contributed by atoms with Crippen molar-refractivity contribution in [2.24, 2.45) is 4.99 Å². The Kier molecular flexibility index (Phi) is 9.00. The van der Waals surface area contributed by atoms with Crippen LogP contribution in [0.1, 0.15) is 24.5 Å². The quantitative estimate of drug-likeness (QED) is 0.207. The second-order valence-electron chi connectivity index (χ2n) is 5.80. The fourth-order valence-electron chi connectivity index (χ4n) is 2.75. The van der Waals surface area contributed by atoms with Crippen molar-refractivity contribution >= 4 is 53.3 Å². The minimum Gasteiger partial charge on any atom is -0.356 e. The Morgan fingerprint density at radius 2 is 2.04 bits per heavy atom. The van der Waals surface area contributed by atoms with Crippen molar-refractivity contribution in [1.82, 2.24) is 25.4 Å². The maximum atomic E-state index is 5.90. The van der Waals surface area contributed by atoms with E-state index in [1.165, 1.54) is 17.7 Å². The van der Waals surface area contributed by atoms with Crippen LogP contribution in [0.25, 0.3) is 0 Å². The van der Waals surface area contributed by atoms with Crippen LogP contribution in [0.4, 0.5) is 0 Å². The van der Waals surface area contributed by atoms with Gasteiger partial charge in [0.05, 0.1) is 6.54 Å². The first kappa shape index (κ1) is 21.3. The summed E-state index contributed by atoms with van der Waals surface area (Å²) >= 11 is 7.68. The summed E-state index contributed by atoms with van der Waals surface area (Å²) in [6.07, 6.45) is 3.44.